The van der Waals surface area contributed by atoms with E-state index in [0.29, 0.717) is 5.69 Å². The lowest BCUT2D eigenvalue weighted by Gasteiger charge is -2.24. The molecule has 126 valence electrons. The van der Waals surface area contributed by atoms with Gasteiger partial charge in [-0.05, 0) is 29.2 Å². The van der Waals surface area contributed by atoms with Crippen LogP contribution in [0.1, 0.15) is 33.3 Å². The Morgan fingerprint density at radius 1 is 0.958 bits per heavy atom. The fraction of sp³-hybridized carbons (Fsp3) is 0.300. The summed E-state index contributed by atoms with van der Waals surface area (Å²) in [4.78, 5) is 25.8. The number of carbonyl (C=O) groups excluding carboxylic acids is 2. The van der Waals surface area contributed by atoms with Crippen LogP contribution >= 0.6 is 0 Å². The van der Waals surface area contributed by atoms with Crippen LogP contribution in [0, 0.1) is 0 Å². The number of anilines is 2. The summed E-state index contributed by atoms with van der Waals surface area (Å²) in [5.41, 5.74) is 2.48. The van der Waals surface area contributed by atoms with Gasteiger partial charge in [-0.25, -0.2) is 0 Å². The van der Waals surface area contributed by atoms with Gasteiger partial charge in [0.15, 0.2) is 0 Å². The molecular formula is C20H24N2O2. The van der Waals surface area contributed by atoms with Crippen molar-refractivity contribution in [1.29, 1.82) is 0 Å². The number of para-hydroxylation sites is 2. The summed E-state index contributed by atoms with van der Waals surface area (Å²) in [6.45, 7) is 7.75. The summed E-state index contributed by atoms with van der Waals surface area (Å²) in [6.07, 6.45) is 0. The molecule has 1 N–H and O–H groups in total. The van der Waals surface area contributed by atoms with Crippen LogP contribution in [0.2, 0.25) is 0 Å². The molecule has 2 aromatic rings. The van der Waals surface area contributed by atoms with Gasteiger partial charge in [0, 0.05) is 18.3 Å². The van der Waals surface area contributed by atoms with Gasteiger partial charge in [0.2, 0.25) is 11.8 Å². The van der Waals surface area contributed by atoms with Gasteiger partial charge in [0.05, 0.1) is 0 Å². The molecule has 2 rings (SSSR count). The molecule has 0 saturated carbocycles. The minimum atomic E-state index is -0.217. The normalized spacial score (nSPS) is 11.0. The summed E-state index contributed by atoms with van der Waals surface area (Å²) in [7, 11) is 0. The van der Waals surface area contributed by atoms with Crippen molar-refractivity contribution in [2.75, 3.05) is 16.8 Å². The lowest BCUT2D eigenvalue weighted by Crippen LogP contribution is -2.37. The smallest absolute Gasteiger partial charge is 0.244 e. The first-order valence-corrected chi connectivity index (χ1v) is 8.01. The number of nitrogens with one attached hydrogen (secondary N) is 1. The fourth-order valence-corrected chi connectivity index (χ4v) is 2.57. The summed E-state index contributed by atoms with van der Waals surface area (Å²) in [6, 6.07) is 17.0. The van der Waals surface area contributed by atoms with Gasteiger partial charge in [-0.1, -0.05) is 57.2 Å². The molecule has 0 bridgehead atoms. The molecule has 24 heavy (non-hydrogen) atoms. The van der Waals surface area contributed by atoms with Crippen molar-refractivity contribution < 1.29 is 9.59 Å². The molecular weight excluding hydrogens is 300 g/mol. The molecule has 0 fully saturated rings. The van der Waals surface area contributed by atoms with Crippen LogP contribution in [0.15, 0.2) is 54.6 Å². The Hall–Kier alpha value is -2.62. The van der Waals surface area contributed by atoms with Crippen LogP contribution in [0.25, 0.3) is 0 Å². The largest absolute Gasteiger partial charge is 0.324 e. The van der Waals surface area contributed by atoms with E-state index >= 15 is 0 Å². The van der Waals surface area contributed by atoms with Crippen LogP contribution in [-0.4, -0.2) is 18.4 Å². The number of hydrogen-bond acceptors (Lipinski definition) is 2. The van der Waals surface area contributed by atoms with Crippen LogP contribution in [0.5, 0.6) is 0 Å². The molecule has 0 aliphatic rings. The summed E-state index contributed by atoms with van der Waals surface area (Å²) < 4.78 is 0. The van der Waals surface area contributed by atoms with Crippen LogP contribution < -0.4 is 10.2 Å². The Morgan fingerprint density at radius 2 is 1.54 bits per heavy atom. The molecule has 0 aliphatic heterocycles. The van der Waals surface area contributed by atoms with E-state index in [9.17, 15) is 9.59 Å². The second-order valence-electron chi connectivity index (χ2n) is 6.78. The van der Waals surface area contributed by atoms with E-state index in [-0.39, 0.29) is 23.8 Å². The Labute approximate surface area is 143 Å². The van der Waals surface area contributed by atoms with E-state index in [4.69, 9.17) is 0 Å². The van der Waals surface area contributed by atoms with E-state index in [2.05, 4.69) is 26.1 Å². The van der Waals surface area contributed by atoms with Gasteiger partial charge in [-0.15, -0.1) is 0 Å². The molecule has 0 heterocycles. The predicted octanol–water partition coefficient (Wildman–Crippen LogP) is 3.98. The Morgan fingerprint density at radius 3 is 2.12 bits per heavy atom. The van der Waals surface area contributed by atoms with Crippen molar-refractivity contribution in [3.8, 4) is 0 Å². The van der Waals surface area contributed by atoms with E-state index in [0.717, 1.165) is 11.3 Å². The topological polar surface area (TPSA) is 49.4 Å². The van der Waals surface area contributed by atoms with Gasteiger partial charge < -0.3 is 10.2 Å². The van der Waals surface area contributed by atoms with Crippen LogP contribution in [0.3, 0.4) is 0 Å². The van der Waals surface area contributed by atoms with Gasteiger partial charge in [-0.2, -0.15) is 0 Å². The average molecular weight is 324 g/mol. The third kappa shape index (κ3) is 4.44. The van der Waals surface area contributed by atoms with Crippen LogP contribution in [-0.2, 0) is 15.0 Å². The molecule has 0 aliphatic carbocycles. The second-order valence-corrected chi connectivity index (χ2v) is 6.78. The lowest BCUT2D eigenvalue weighted by atomic mass is 9.86. The van der Waals surface area contributed by atoms with E-state index in [1.54, 1.807) is 0 Å². The number of nitrogens with zero attached hydrogens (tertiary/aromatic N) is 1. The zero-order valence-corrected chi connectivity index (χ0v) is 14.7. The quantitative estimate of drug-likeness (QED) is 0.925. The summed E-state index contributed by atoms with van der Waals surface area (Å²) >= 11 is 0. The number of carbonyl (C=O) groups is 2. The van der Waals surface area contributed by atoms with Crippen molar-refractivity contribution in [2.45, 2.75) is 33.1 Å². The molecule has 0 aromatic heterocycles. The van der Waals surface area contributed by atoms with Gasteiger partial charge in [-0.3, -0.25) is 9.59 Å². The SMILES string of the molecule is CC(=O)N(CC(=O)Nc1ccccc1C(C)(C)C)c1ccccc1. The zero-order valence-electron chi connectivity index (χ0n) is 14.7. The lowest BCUT2D eigenvalue weighted by molar-refractivity contribution is -0.120. The van der Waals surface area contributed by atoms with Gasteiger partial charge >= 0.3 is 0 Å². The third-order valence-electron chi connectivity index (χ3n) is 3.76. The maximum Gasteiger partial charge on any atom is 0.244 e. The Bertz CT molecular complexity index is 718. The molecule has 0 unspecified atom stereocenters. The molecule has 2 aromatic carbocycles. The number of amides is 2. The monoisotopic (exact) mass is 324 g/mol. The first kappa shape index (κ1) is 17.7. The number of hydrogen-bond donors (Lipinski definition) is 1. The predicted molar refractivity (Wildman–Crippen MR) is 98.2 cm³/mol. The minimum Gasteiger partial charge on any atom is -0.324 e. The van der Waals surface area contributed by atoms with E-state index in [1.165, 1.54) is 11.8 Å². The maximum absolute atomic E-state index is 12.5. The highest BCUT2D eigenvalue weighted by Gasteiger charge is 2.20. The van der Waals surface area contributed by atoms with Crippen molar-refractivity contribution in [1.82, 2.24) is 0 Å². The van der Waals surface area contributed by atoms with Crippen LogP contribution in [0.4, 0.5) is 11.4 Å². The first-order chi connectivity index (χ1) is 11.3. The third-order valence-corrected chi connectivity index (χ3v) is 3.76. The highest BCUT2D eigenvalue weighted by atomic mass is 16.2. The van der Waals surface area contributed by atoms with Gasteiger partial charge in [0.25, 0.3) is 0 Å². The standard InChI is InChI=1S/C20H24N2O2/c1-15(23)22(16-10-6-5-7-11-16)14-19(24)21-18-13-9-8-12-17(18)20(2,3)4/h5-13H,14H2,1-4H3,(H,21,24). The van der Waals surface area contributed by atoms with Crippen molar-refractivity contribution in [2.24, 2.45) is 0 Å². The van der Waals surface area contributed by atoms with Crippen molar-refractivity contribution in [3.05, 3.63) is 60.2 Å². The zero-order chi connectivity index (χ0) is 17.7. The Balaban J connectivity index is 2.17. The summed E-state index contributed by atoms with van der Waals surface area (Å²) in [5.74, 6) is -0.383. The summed E-state index contributed by atoms with van der Waals surface area (Å²) in [5, 5.41) is 2.94. The average Bonchev–Trinajstić information content (AvgIpc) is 2.52. The molecule has 0 radical (unpaired) electrons. The second kappa shape index (κ2) is 7.30. The van der Waals surface area contributed by atoms with Gasteiger partial charge in [0.1, 0.15) is 6.54 Å². The van der Waals surface area contributed by atoms with E-state index < -0.39 is 0 Å². The molecule has 0 saturated heterocycles. The molecule has 0 spiro atoms. The molecule has 4 heteroatoms. The Kier molecular flexibility index (Phi) is 5.39. The first-order valence-electron chi connectivity index (χ1n) is 8.01. The molecule has 0 atom stereocenters. The highest BCUT2D eigenvalue weighted by Crippen LogP contribution is 2.29. The fourth-order valence-electron chi connectivity index (χ4n) is 2.57. The minimum absolute atomic E-state index is 0.0160. The van der Waals surface area contributed by atoms with Crippen molar-refractivity contribution in [3.63, 3.8) is 0 Å². The molecule has 4 nitrogen and oxygen atoms in total. The maximum atomic E-state index is 12.5. The number of rotatable bonds is 4. The molecule has 2 amide bonds. The number of benzene rings is 2. The highest BCUT2D eigenvalue weighted by molar-refractivity contribution is 6.02. The van der Waals surface area contributed by atoms with E-state index in [1.807, 2.05) is 54.6 Å². The van der Waals surface area contributed by atoms with Crippen molar-refractivity contribution >= 4 is 23.2 Å².